The van der Waals surface area contributed by atoms with Gasteiger partial charge in [0, 0.05) is 49.9 Å². The van der Waals surface area contributed by atoms with Crippen LogP contribution in [0.5, 0.6) is 0 Å². The van der Waals surface area contributed by atoms with E-state index in [4.69, 9.17) is 0 Å². The van der Waals surface area contributed by atoms with Gasteiger partial charge < -0.3 is 15.0 Å². The van der Waals surface area contributed by atoms with Gasteiger partial charge in [0.15, 0.2) is 0 Å². The molecule has 1 aliphatic carbocycles. The van der Waals surface area contributed by atoms with Crippen molar-refractivity contribution in [1.29, 1.82) is 0 Å². The normalized spacial score (nSPS) is 18.4. The van der Waals surface area contributed by atoms with Crippen LogP contribution in [0.4, 0.5) is 0 Å². The molecule has 0 aromatic rings. The maximum atomic E-state index is 10.5. The van der Waals surface area contributed by atoms with Crippen LogP contribution in [0.25, 0.3) is 0 Å². The van der Waals surface area contributed by atoms with E-state index in [1.165, 1.54) is 5.32 Å². The van der Waals surface area contributed by atoms with Crippen LogP contribution in [0.15, 0.2) is 60.1 Å². The van der Waals surface area contributed by atoms with Gasteiger partial charge in [0.2, 0.25) is 0 Å². The van der Waals surface area contributed by atoms with Crippen molar-refractivity contribution in [3.8, 4) is 0 Å². The van der Waals surface area contributed by atoms with Gasteiger partial charge in [-0.3, -0.25) is 0 Å². The summed E-state index contributed by atoms with van der Waals surface area (Å²) in [6.07, 6.45) is 14.8. The zero-order valence-corrected chi connectivity index (χ0v) is 13.7. The number of carbonyl (C=O) groups excluding carboxylic acids is 1. The predicted octanol–water partition coefficient (Wildman–Crippen LogP) is 0.730. The molecule has 2 rings (SSSR count). The Bertz CT molecular complexity index is 433. The van der Waals surface area contributed by atoms with E-state index < -0.39 is 0 Å². The Morgan fingerprint density at radius 3 is 2.88 bits per heavy atom. The Hall–Kier alpha value is -0.818. The third-order valence-electron chi connectivity index (χ3n) is 2.55. The van der Waals surface area contributed by atoms with E-state index in [1.54, 1.807) is 0 Å². The topological polar surface area (TPSA) is 36.9 Å². The fourth-order valence-electron chi connectivity index (χ4n) is 1.81. The number of hydrogen-bond donors (Lipinski definition) is 1. The molecule has 3 nitrogen and oxygen atoms in total. The Kier molecular flexibility index (Phi) is 5.70. The third-order valence-corrected chi connectivity index (χ3v) is 2.55. The van der Waals surface area contributed by atoms with Gasteiger partial charge in [-0.05, 0) is 24.5 Å². The summed E-state index contributed by atoms with van der Waals surface area (Å²) < 4.78 is 0. The van der Waals surface area contributed by atoms with E-state index in [0.717, 1.165) is 29.9 Å². The van der Waals surface area contributed by atoms with E-state index in [1.807, 2.05) is 30.8 Å². The molecule has 2 N–H and O–H groups in total. The summed E-state index contributed by atoms with van der Waals surface area (Å²) in [6, 6.07) is 0. The quantitative estimate of drug-likeness (QED) is 0.642. The first-order chi connectivity index (χ1) is 7.81. The molecule has 0 aromatic heterocycles. The van der Waals surface area contributed by atoms with Gasteiger partial charge in [-0.25, -0.2) is 0 Å². The van der Waals surface area contributed by atoms with Crippen LogP contribution >= 0.6 is 0 Å². The summed E-state index contributed by atoms with van der Waals surface area (Å²) in [5, 5.41) is 1.46. The van der Waals surface area contributed by atoms with Crippen molar-refractivity contribution in [2.45, 2.75) is 6.42 Å². The zero-order valence-electron chi connectivity index (χ0n) is 9.52. The van der Waals surface area contributed by atoms with Crippen LogP contribution in [0.1, 0.15) is 6.42 Å². The van der Waals surface area contributed by atoms with Gasteiger partial charge in [-0.15, -0.1) is 0 Å². The summed E-state index contributed by atoms with van der Waals surface area (Å²) in [7, 11) is 0. The van der Waals surface area contributed by atoms with Crippen LogP contribution in [-0.2, 0) is 4.79 Å². The standard InChI is InChI=1S/C13H14N2O.U/c1-11-5-6-13(12(9-11)14-10-16)15-7-3-2-4-8-15;/h2-4,6-7,9H,1,5,8,14H2;. The maximum absolute atomic E-state index is 10.5. The number of amides is 1. The van der Waals surface area contributed by atoms with Crippen molar-refractivity contribution in [2.24, 2.45) is 0 Å². The van der Waals surface area contributed by atoms with Crippen molar-refractivity contribution >= 4 is 6.41 Å². The molecule has 0 radical (unpaired) electrons. The van der Waals surface area contributed by atoms with E-state index in [0.29, 0.717) is 0 Å². The van der Waals surface area contributed by atoms with Crippen LogP contribution < -0.4 is 5.32 Å². The number of hydrogen-bond acceptors (Lipinski definition) is 2. The van der Waals surface area contributed by atoms with Crippen LogP contribution in [0.2, 0.25) is 0 Å². The zero-order chi connectivity index (χ0) is 11.4. The second kappa shape index (κ2) is 6.81. The Morgan fingerprint density at radius 1 is 1.41 bits per heavy atom. The van der Waals surface area contributed by atoms with E-state index >= 15 is 0 Å². The fraction of sp³-hybridized carbons (Fsp3) is 0.154. The molecule has 0 saturated heterocycles. The predicted molar refractivity (Wildman–Crippen MR) is 62.5 cm³/mol. The number of rotatable bonds is 3. The first-order valence-corrected chi connectivity index (χ1v) is 5.22. The average molecular weight is 452 g/mol. The minimum atomic E-state index is 0. The van der Waals surface area contributed by atoms with Gasteiger partial charge in [-0.2, -0.15) is 0 Å². The smallest absolute Gasteiger partial charge is 0.131 e. The van der Waals surface area contributed by atoms with E-state index in [9.17, 15) is 4.79 Å². The summed E-state index contributed by atoms with van der Waals surface area (Å²) >= 11 is 0. The van der Waals surface area contributed by atoms with Gasteiger partial charge in [0.1, 0.15) is 5.70 Å². The molecule has 1 amide bonds. The summed E-state index contributed by atoms with van der Waals surface area (Å²) in [4.78, 5) is 12.6. The number of quaternary nitrogens is 1. The van der Waals surface area contributed by atoms with Gasteiger partial charge in [0.05, 0.1) is 5.70 Å². The molecule has 1 heterocycles. The number of allylic oxidation sites excluding steroid dienone is 5. The first-order valence-electron chi connectivity index (χ1n) is 5.22. The van der Waals surface area contributed by atoms with Gasteiger partial charge in [0.25, 0.3) is 0 Å². The number of nitrogens with zero attached hydrogens (tertiary/aromatic N) is 1. The Morgan fingerprint density at radius 2 is 2.24 bits per heavy atom. The number of primary amides is 1. The molecular weight excluding hydrogens is 438 g/mol. The molecule has 0 atom stereocenters. The molecule has 2 aliphatic rings. The van der Waals surface area contributed by atoms with E-state index in [-0.39, 0.29) is 31.1 Å². The fourth-order valence-corrected chi connectivity index (χ4v) is 1.81. The molecule has 0 bridgehead atoms. The molecule has 0 saturated carbocycles. The molecule has 0 aromatic carbocycles. The Labute approximate surface area is 125 Å². The van der Waals surface area contributed by atoms with Crippen molar-refractivity contribution in [1.82, 2.24) is 4.90 Å². The molecule has 0 spiro atoms. The number of nitrogens with two attached hydrogens (primary N) is 1. The van der Waals surface area contributed by atoms with Crippen molar-refractivity contribution in [2.75, 3.05) is 6.54 Å². The molecular formula is C13H14N2OU. The van der Waals surface area contributed by atoms with Crippen LogP contribution in [-0.4, -0.2) is 17.9 Å². The minimum Gasteiger partial charge on any atom is -0.475 e. The first kappa shape index (κ1) is 14.2. The second-order valence-corrected chi connectivity index (χ2v) is 3.74. The molecule has 0 unspecified atom stereocenters. The van der Waals surface area contributed by atoms with Crippen molar-refractivity contribution < 1.29 is 41.2 Å². The maximum Gasteiger partial charge on any atom is 0.131 e. The van der Waals surface area contributed by atoms with Crippen molar-refractivity contribution in [3.63, 3.8) is 0 Å². The summed E-state index contributed by atoms with van der Waals surface area (Å²) in [6.45, 7) is 4.74. The molecule has 1 aliphatic heterocycles. The largest absolute Gasteiger partial charge is 0.475 e. The SMILES string of the molecule is C=C1C=C([NH2+][C-]=O)C(N2C=CC=CC2)=CC1.[U]. The molecule has 4 heteroatoms. The second-order valence-electron chi connectivity index (χ2n) is 3.74. The monoisotopic (exact) mass is 452 g/mol. The third kappa shape index (κ3) is 3.57. The molecule has 0 fully saturated rings. The van der Waals surface area contributed by atoms with Crippen LogP contribution in [0, 0.1) is 31.1 Å². The minimum absolute atomic E-state index is 0. The summed E-state index contributed by atoms with van der Waals surface area (Å²) in [5.74, 6) is 0. The van der Waals surface area contributed by atoms with Crippen molar-refractivity contribution in [3.05, 3.63) is 60.1 Å². The van der Waals surface area contributed by atoms with Gasteiger partial charge in [-0.1, -0.05) is 24.8 Å². The molecule has 86 valence electrons. The molecule has 17 heavy (non-hydrogen) atoms. The average Bonchev–Trinajstić information content (AvgIpc) is 2.31. The van der Waals surface area contributed by atoms with E-state index in [2.05, 4.69) is 23.6 Å². The summed E-state index contributed by atoms with van der Waals surface area (Å²) in [5.41, 5.74) is 2.95. The van der Waals surface area contributed by atoms with Crippen LogP contribution in [0.3, 0.4) is 0 Å². The van der Waals surface area contributed by atoms with Gasteiger partial charge >= 0.3 is 0 Å². The Balaban J connectivity index is 0.00000144.